The second-order valence-electron chi connectivity index (χ2n) is 3.90. The largest absolute Gasteiger partial charge is 0.320 e. The zero-order chi connectivity index (χ0) is 14.2. The molecule has 0 aromatic heterocycles. The fourth-order valence-electron chi connectivity index (χ4n) is 1.74. The summed E-state index contributed by atoms with van der Waals surface area (Å²) in [6.45, 7) is 0. The lowest BCUT2D eigenvalue weighted by atomic mass is 9.98. The minimum absolute atomic E-state index is 0.00597. The quantitative estimate of drug-likeness (QED) is 0.735. The molecule has 0 aliphatic carbocycles. The van der Waals surface area contributed by atoms with E-state index in [1.165, 1.54) is 12.1 Å². The summed E-state index contributed by atoms with van der Waals surface area (Å²) >= 11 is 6.03. The van der Waals surface area contributed by atoms with Crippen LogP contribution in [0.2, 0.25) is 0 Å². The van der Waals surface area contributed by atoms with Crippen molar-refractivity contribution in [3.63, 3.8) is 0 Å². The van der Waals surface area contributed by atoms with Crippen LogP contribution in [0.3, 0.4) is 0 Å². The van der Waals surface area contributed by atoms with Crippen LogP contribution >= 0.6 is 31.9 Å². The van der Waals surface area contributed by atoms with Crippen molar-refractivity contribution in [1.29, 1.82) is 0 Å². The predicted octanol–water partition coefficient (Wildman–Crippen LogP) is 4.68. The van der Waals surface area contributed by atoms with Gasteiger partial charge in [0.2, 0.25) is 0 Å². The predicted molar refractivity (Wildman–Crippen MR) is 74.2 cm³/mol. The third-order valence-electron chi connectivity index (χ3n) is 2.69. The smallest absolute Gasteiger partial charge is 0.137 e. The SMILES string of the molecule is NC(c1cc(F)c(Br)cc1F)c1c(F)cccc1Br. The molecule has 19 heavy (non-hydrogen) atoms. The lowest BCUT2D eigenvalue weighted by Crippen LogP contribution is -2.16. The van der Waals surface area contributed by atoms with Crippen molar-refractivity contribution in [2.24, 2.45) is 5.73 Å². The molecule has 2 aromatic carbocycles. The van der Waals surface area contributed by atoms with Crippen molar-refractivity contribution in [2.45, 2.75) is 6.04 Å². The van der Waals surface area contributed by atoms with Gasteiger partial charge in [-0.15, -0.1) is 0 Å². The van der Waals surface area contributed by atoms with Crippen LogP contribution in [-0.2, 0) is 0 Å². The summed E-state index contributed by atoms with van der Waals surface area (Å²) in [6, 6.07) is 5.13. The first kappa shape index (κ1) is 14.6. The third kappa shape index (κ3) is 2.85. The first-order valence-electron chi connectivity index (χ1n) is 5.25. The Kier molecular flexibility index (Phi) is 4.32. The number of halogens is 5. The second-order valence-corrected chi connectivity index (χ2v) is 5.61. The van der Waals surface area contributed by atoms with E-state index in [0.717, 1.165) is 12.1 Å². The van der Waals surface area contributed by atoms with Gasteiger partial charge >= 0.3 is 0 Å². The van der Waals surface area contributed by atoms with Gasteiger partial charge in [0.25, 0.3) is 0 Å². The van der Waals surface area contributed by atoms with E-state index in [2.05, 4.69) is 31.9 Å². The number of benzene rings is 2. The highest BCUT2D eigenvalue weighted by molar-refractivity contribution is 9.10. The molecule has 2 aromatic rings. The molecule has 1 unspecified atom stereocenters. The highest BCUT2D eigenvalue weighted by atomic mass is 79.9. The van der Waals surface area contributed by atoms with E-state index in [1.54, 1.807) is 6.07 Å². The molecule has 0 amide bonds. The summed E-state index contributed by atoms with van der Waals surface area (Å²) in [5.74, 6) is -1.93. The lowest BCUT2D eigenvalue weighted by molar-refractivity contribution is 0.559. The molecular weight excluding hydrogens is 387 g/mol. The Morgan fingerprint density at radius 2 is 1.58 bits per heavy atom. The van der Waals surface area contributed by atoms with E-state index in [1.807, 2.05) is 0 Å². The average Bonchev–Trinajstić information content (AvgIpc) is 2.33. The van der Waals surface area contributed by atoms with Crippen molar-refractivity contribution >= 4 is 31.9 Å². The van der Waals surface area contributed by atoms with Gasteiger partial charge in [0.15, 0.2) is 0 Å². The van der Waals surface area contributed by atoms with Gasteiger partial charge in [0.1, 0.15) is 17.5 Å². The fourth-order valence-corrected chi connectivity index (χ4v) is 2.64. The Morgan fingerprint density at radius 1 is 0.895 bits per heavy atom. The van der Waals surface area contributed by atoms with E-state index < -0.39 is 23.5 Å². The van der Waals surface area contributed by atoms with E-state index in [4.69, 9.17) is 5.73 Å². The highest BCUT2D eigenvalue weighted by Gasteiger charge is 2.21. The van der Waals surface area contributed by atoms with Crippen molar-refractivity contribution in [1.82, 2.24) is 0 Å². The molecule has 2 rings (SSSR count). The summed E-state index contributed by atoms with van der Waals surface area (Å²) in [6.07, 6.45) is 0. The van der Waals surface area contributed by atoms with Crippen LogP contribution in [-0.4, -0.2) is 0 Å². The Balaban J connectivity index is 2.56. The van der Waals surface area contributed by atoms with Gasteiger partial charge in [0.05, 0.1) is 10.5 Å². The zero-order valence-electron chi connectivity index (χ0n) is 9.43. The summed E-state index contributed by atoms with van der Waals surface area (Å²) in [5, 5.41) is 0. The van der Waals surface area contributed by atoms with Crippen LogP contribution in [0, 0.1) is 17.5 Å². The van der Waals surface area contributed by atoms with Crippen LogP contribution in [0.1, 0.15) is 17.2 Å². The number of hydrogen-bond acceptors (Lipinski definition) is 1. The molecule has 0 radical (unpaired) electrons. The van der Waals surface area contributed by atoms with Crippen molar-refractivity contribution in [3.8, 4) is 0 Å². The molecule has 0 saturated carbocycles. The number of rotatable bonds is 2. The maximum absolute atomic E-state index is 13.8. The third-order valence-corrected chi connectivity index (χ3v) is 3.98. The molecule has 0 bridgehead atoms. The van der Waals surface area contributed by atoms with Crippen molar-refractivity contribution < 1.29 is 13.2 Å². The molecule has 0 fully saturated rings. The highest BCUT2D eigenvalue weighted by Crippen LogP contribution is 2.32. The molecule has 0 heterocycles. The van der Waals surface area contributed by atoms with Gasteiger partial charge in [-0.1, -0.05) is 22.0 Å². The van der Waals surface area contributed by atoms with Gasteiger partial charge in [-0.25, -0.2) is 13.2 Å². The Morgan fingerprint density at radius 3 is 2.21 bits per heavy atom. The maximum Gasteiger partial charge on any atom is 0.137 e. The standard InChI is InChI=1S/C13H8Br2F3N/c14-7-2-1-3-9(16)12(7)13(19)6-4-11(18)8(15)5-10(6)17/h1-5,13H,19H2. The second kappa shape index (κ2) is 5.64. The molecule has 0 aliphatic rings. The first-order chi connectivity index (χ1) is 8.91. The monoisotopic (exact) mass is 393 g/mol. The van der Waals surface area contributed by atoms with Crippen LogP contribution in [0.5, 0.6) is 0 Å². The zero-order valence-corrected chi connectivity index (χ0v) is 12.6. The average molecular weight is 395 g/mol. The van der Waals surface area contributed by atoms with Crippen LogP contribution in [0.4, 0.5) is 13.2 Å². The minimum Gasteiger partial charge on any atom is -0.320 e. The van der Waals surface area contributed by atoms with Gasteiger partial charge in [-0.3, -0.25) is 0 Å². The molecule has 2 N–H and O–H groups in total. The molecule has 0 aliphatic heterocycles. The Hall–Kier alpha value is -0.850. The van der Waals surface area contributed by atoms with E-state index >= 15 is 0 Å². The van der Waals surface area contributed by atoms with Crippen molar-refractivity contribution in [3.05, 3.63) is 67.9 Å². The van der Waals surface area contributed by atoms with Crippen LogP contribution in [0.15, 0.2) is 39.3 Å². The molecule has 0 saturated heterocycles. The summed E-state index contributed by atoms with van der Waals surface area (Å²) in [4.78, 5) is 0. The fraction of sp³-hybridized carbons (Fsp3) is 0.0769. The molecule has 1 atom stereocenters. The number of hydrogen-bond donors (Lipinski definition) is 1. The van der Waals surface area contributed by atoms with Gasteiger partial charge in [0, 0.05) is 15.6 Å². The van der Waals surface area contributed by atoms with E-state index in [9.17, 15) is 13.2 Å². The molecule has 0 spiro atoms. The Bertz CT molecular complexity index is 611. The minimum atomic E-state index is -1.10. The molecular formula is C13H8Br2F3N. The normalized spacial score (nSPS) is 12.5. The van der Waals surface area contributed by atoms with Gasteiger partial charge < -0.3 is 5.73 Å². The summed E-state index contributed by atoms with van der Waals surface area (Å²) in [7, 11) is 0. The maximum atomic E-state index is 13.8. The first-order valence-corrected chi connectivity index (χ1v) is 6.84. The van der Waals surface area contributed by atoms with Gasteiger partial charge in [-0.2, -0.15) is 0 Å². The topological polar surface area (TPSA) is 26.0 Å². The lowest BCUT2D eigenvalue weighted by Gasteiger charge is -2.16. The summed E-state index contributed by atoms with van der Waals surface area (Å²) in [5.41, 5.74) is 5.83. The van der Waals surface area contributed by atoms with E-state index in [0.29, 0.717) is 4.47 Å². The Labute approximate surface area is 124 Å². The van der Waals surface area contributed by atoms with Gasteiger partial charge in [-0.05, 0) is 40.2 Å². The molecule has 1 nitrogen and oxygen atoms in total. The summed E-state index contributed by atoms with van der Waals surface area (Å²) < 4.78 is 41.4. The van der Waals surface area contributed by atoms with Crippen molar-refractivity contribution in [2.75, 3.05) is 0 Å². The van der Waals surface area contributed by atoms with Crippen LogP contribution in [0.25, 0.3) is 0 Å². The van der Waals surface area contributed by atoms with Crippen LogP contribution < -0.4 is 5.73 Å². The molecule has 100 valence electrons. The number of nitrogens with two attached hydrogens (primary N) is 1. The van der Waals surface area contributed by atoms with E-state index in [-0.39, 0.29) is 15.6 Å². The molecule has 6 heteroatoms.